The number of hydrogen-bond donors (Lipinski definition) is 4. The first-order chi connectivity index (χ1) is 24.3. The van der Waals surface area contributed by atoms with Gasteiger partial charge < -0.3 is 44.0 Å². The average Bonchev–Trinajstić information content (AvgIpc) is 3.01. The van der Waals surface area contributed by atoms with E-state index >= 15 is 0 Å². The molecule has 0 atom stereocenters. The maximum Gasteiger partial charge on any atom is 0.155 e. The number of hydrogen-bond acceptors (Lipinski definition) is 21. The van der Waals surface area contributed by atoms with Gasteiger partial charge in [0.2, 0.25) is 0 Å². The number of methoxy groups -OCH3 is 1. The van der Waals surface area contributed by atoms with E-state index in [1.807, 2.05) is 0 Å². The van der Waals surface area contributed by atoms with E-state index in [1.165, 1.54) is 13.0 Å². The van der Waals surface area contributed by atoms with Crippen molar-refractivity contribution >= 4 is 90.5 Å². The Balaban J connectivity index is 1.64. The Bertz CT molecular complexity index is 2930. The van der Waals surface area contributed by atoms with E-state index in [0.29, 0.717) is 36.4 Å². The highest BCUT2D eigenvalue weighted by molar-refractivity contribution is 7.86. The van der Waals surface area contributed by atoms with Gasteiger partial charge in [-0.3, -0.25) is 0 Å². The molecule has 0 radical (unpaired) electrons. The number of aromatic hydroxyl groups is 3. The van der Waals surface area contributed by atoms with E-state index in [4.69, 9.17) is 10.5 Å². The molecule has 0 saturated carbocycles. The van der Waals surface area contributed by atoms with Gasteiger partial charge in [0.05, 0.1) is 37.8 Å². The van der Waals surface area contributed by atoms with Crippen molar-refractivity contribution < 1.29 is 71.9 Å². The summed E-state index contributed by atoms with van der Waals surface area (Å²) >= 11 is 0. The number of aryl methyl sites for hydroxylation is 1. The molecule has 0 heterocycles. The zero-order valence-electron chi connectivity index (χ0n) is 26.3. The molecule has 0 aliphatic carbocycles. The quantitative estimate of drug-likeness (QED) is 0.0940. The lowest BCUT2D eigenvalue weighted by molar-refractivity contribution is 0.416. The van der Waals surface area contributed by atoms with Gasteiger partial charge in [0.1, 0.15) is 69.0 Å². The van der Waals surface area contributed by atoms with Crippen LogP contribution >= 0.6 is 0 Å². The van der Waals surface area contributed by atoms with Crippen molar-refractivity contribution in [2.24, 2.45) is 20.5 Å². The third-order valence-electron chi connectivity index (χ3n) is 7.39. The molecule has 0 unspecified atom stereocenters. The summed E-state index contributed by atoms with van der Waals surface area (Å²) in [5, 5.41) is 45.3. The SMILES string of the molecule is COc1cc(N=Nc2c(S(=O)(=O)[O-])cc3cc(S(=O)(=O)[O-])cc(O)c3c2O)c(C)cc1N=Nc1c(S(=O)(=O)[O-])cc2cc(S(=O)(=O)[O-])cc(N)c2c1O. The molecule has 5 aromatic rings. The number of rotatable bonds is 9. The molecule has 0 aliphatic rings. The van der Waals surface area contributed by atoms with Crippen molar-refractivity contribution in [1.29, 1.82) is 0 Å². The number of nitrogens with zero attached hydrogens (tertiary/aromatic N) is 4. The van der Waals surface area contributed by atoms with E-state index in [1.54, 1.807) is 0 Å². The van der Waals surface area contributed by atoms with Crippen molar-refractivity contribution in [2.45, 2.75) is 26.5 Å². The summed E-state index contributed by atoms with van der Waals surface area (Å²) in [7, 11) is -20.1. The summed E-state index contributed by atoms with van der Waals surface area (Å²) in [4.78, 5) is -4.27. The molecule has 5 rings (SSSR count). The fraction of sp³-hybridized carbons (Fsp3) is 0.0714. The smallest absolute Gasteiger partial charge is 0.155 e. The minimum atomic E-state index is -5.48. The minimum Gasteiger partial charge on any atom is -0.744 e. The van der Waals surface area contributed by atoms with Crippen LogP contribution in [0.1, 0.15) is 5.56 Å². The van der Waals surface area contributed by atoms with Crippen LogP contribution < -0.4 is 10.5 Å². The summed E-state index contributed by atoms with van der Waals surface area (Å²) < 4.78 is 147. The van der Waals surface area contributed by atoms with Gasteiger partial charge >= 0.3 is 0 Å². The summed E-state index contributed by atoms with van der Waals surface area (Å²) in [6.45, 7) is 1.39. The van der Waals surface area contributed by atoms with Crippen LogP contribution in [0.15, 0.2) is 88.6 Å². The predicted octanol–water partition coefficient (Wildman–Crippen LogP) is 3.46. The maximum atomic E-state index is 12.1. The van der Waals surface area contributed by atoms with Crippen LogP contribution in [0.4, 0.5) is 28.4 Å². The maximum absolute atomic E-state index is 12.1. The third kappa shape index (κ3) is 7.53. The van der Waals surface area contributed by atoms with E-state index in [-0.39, 0.29) is 28.1 Å². The molecule has 280 valence electrons. The van der Waals surface area contributed by atoms with Gasteiger partial charge in [-0.05, 0) is 65.7 Å². The molecule has 0 fully saturated rings. The molecule has 5 N–H and O–H groups in total. The van der Waals surface area contributed by atoms with Crippen LogP contribution in [0.25, 0.3) is 21.5 Å². The standard InChI is InChI=1S/C28H23N5O16S4/c1-11-3-18(31-33-25-21(52(43,44)45)6-12-4-14(50(37,38)39)8-16(29)23(12)27(25)35)20(49-2)10-17(11)30-32-26-22(53(46,47)48)7-13-5-15(51(40,41)42)9-19(34)24(13)28(26)36/h3-10,34-36H,29H2,1-2H3,(H,37,38,39)(H,40,41,42)(H,43,44,45)(H,46,47,48)/p-4. The molecule has 21 nitrogen and oxygen atoms in total. The molecule has 5 aromatic carbocycles. The monoisotopic (exact) mass is 809 g/mol. The molecule has 25 heteroatoms. The van der Waals surface area contributed by atoms with Gasteiger partial charge in [0, 0.05) is 17.1 Å². The second kappa shape index (κ2) is 13.1. The third-order valence-corrected chi connectivity index (χ3v) is 10.7. The Morgan fingerprint density at radius 2 is 1.04 bits per heavy atom. The molecule has 0 amide bonds. The lowest BCUT2D eigenvalue weighted by Crippen LogP contribution is -2.03. The number of phenolic OH excluding ortho intramolecular Hbond substituents is 3. The predicted molar refractivity (Wildman–Crippen MR) is 175 cm³/mol. The largest absolute Gasteiger partial charge is 0.744 e. The van der Waals surface area contributed by atoms with Crippen molar-refractivity contribution in [1.82, 2.24) is 0 Å². The summed E-state index contributed by atoms with van der Waals surface area (Å²) in [6.07, 6.45) is 0. The Morgan fingerprint density at radius 3 is 1.51 bits per heavy atom. The van der Waals surface area contributed by atoms with Crippen LogP contribution in [-0.2, 0) is 40.5 Å². The number of phenols is 3. The topological polar surface area (TPSA) is 374 Å². The van der Waals surface area contributed by atoms with Crippen LogP contribution in [0.5, 0.6) is 23.0 Å². The molecule has 53 heavy (non-hydrogen) atoms. The van der Waals surface area contributed by atoms with Crippen LogP contribution in [0.2, 0.25) is 0 Å². The van der Waals surface area contributed by atoms with Crippen LogP contribution in [-0.4, -0.2) is 74.3 Å². The normalized spacial score (nSPS) is 13.1. The van der Waals surface area contributed by atoms with E-state index in [2.05, 4.69) is 20.5 Å². The molecule has 0 saturated heterocycles. The lowest BCUT2D eigenvalue weighted by Gasteiger charge is -2.16. The van der Waals surface area contributed by atoms with Crippen molar-refractivity contribution in [3.63, 3.8) is 0 Å². The number of fused-ring (bicyclic) bond motifs is 2. The number of ether oxygens (including phenoxy) is 1. The Morgan fingerprint density at radius 1 is 0.585 bits per heavy atom. The fourth-order valence-corrected chi connectivity index (χ4v) is 7.37. The number of azo groups is 2. The van der Waals surface area contributed by atoms with Crippen LogP contribution in [0.3, 0.4) is 0 Å². The van der Waals surface area contributed by atoms with Gasteiger partial charge in [0.15, 0.2) is 11.5 Å². The Labute approximate surface area is 298 Å². The lowest BCUT2D eigenvalue weighted by atomic mass is 10.1. The number of nitrogens with two attached hydrogens (primary N) is 1. The number of anilines is 1. The highest BCUT2D eigenvalue weighted by Gasteiger charge is 2.23. The zero-order chi connectivity index (χ0) is 39.6. The first kappa shape index (κ1) is 38.7. The van der Waals surface area contributed by atoms with E-state index in [0.717, 1.165) is 13.2 Å². The highest BCUT2D eigenvalue weighted by Crippen LogP contribution is 2.47. The van der Waals surface area contributed by atoms with Crippen molar-refractivity contribution in [2.75, 3.05) is 12.8 Å². The second-order valence-electron chi connectivity index (χ2n) is 10.8. The highest BCUT2D eigenvalue weighted by atomic mass is 32.2. The van der Waals surface area contributed by atoms with E-state index < -0.39 is 111 Å². The van der Waals surface area contributed by atoms with Gasteiger partial charge in [-0.25, -0.2) is 33.7 Å². The fourth-order valence-electron chi connectivity index (χ4n) is 5.01. The summed E-state index contributed by atoms with van der Waals surface area (Å²) in [6, 6.07) is 6.00. The van der Waals surface area contributed by atoms with Gasteiger partial charge in [0.25, 0.3) is 0 Å². The molecule has 0 aliphatic heterocycles. The first-order valence-electron chi connectivity index (χ1n) is 13.8. The number of benzene rings is 5. The second-order valence-corrected chi connectivity index (χ2v) is 16.3. The Kier molecular flexibility index (Phi) is 9.60. The summed E-state index contributed by atoms with van der Waals surface area (Å²) in [5.41, 5.74) is 3.21. The average molecular weight is 810 g/mol. The van der Waals surface area contributed by atoms with Gasteiger partial charge in [-0.15, -0.1) is 20.5 Å². The van der Waals surface area contributed by atoms with Gasteiger partial charge in [-0.1, -0.05) is 0 Å². The van der Waals surface area contributed by atoms with Crippen LogP contribution in [0, 0.1) is 6.92 Å². The molecule has 0 spiro atoms. The van der Waals surface area contributed by atoms with Crippen molar-refractivity contribution in [3.05, 3.63) is 54.1 Å². The molecular formula is C28H19N5O16S4-4. The minimum absolute atomic E-state index is 0.137. The molecule has 0 aromatic heterocycles. The van der Waals surface area contributed by atoms with Gasteiger partial charge in [-0.2, -0.15) is 0 Å². The zero-order valence-corrected chi connectivity index (χ0v) is 29.5. The van der Waals surface area contributed by atoms with E-state index in [9.17, 15) is 67.2 Å². The number of nitrogen functional groups attached to an aromatic ring is 1. The molecule has 0 bridgehead atoms. The summed E-state index contributed by atoms with van der Waals surface area (Å²) in [5.74, 6) is -3.34. The molecular weight excluding hydrogens is 791 g/mol. The Hall–Kier alpha value is -5.54. The first-order valence-corrected chi connectivity index (χ1v) is 19.4. The van der Waals surface area contributed by atoms with Crippen molar-refractivity contribution in [3.8, 4) is 23.0 Å².